The van der Waals surface area contributed by atoms with Crippen molar-refractivity contribution in [3.8, 4) is 5.75 Å². The number of thioether (sulfide) groups is 1. The number of carbonyl (C=O) groups is 1. The molecule has 0 radical (unpaired) electrons. The van der Waals surface area contributed by atoms with E-state index in [0.29, 0.717) is 23.7 Å². The first-order valence-corrected chi connectivity index (χ1v) is 14.3. The summed E-state index contributed by atoms with van der Waals surface area (Å²) in [5.74, 6) is 0.983. The van der Waals surface area contributed by atoms with Crippen LogP contribution in [0, 0.1) is 0 Å². The Bertz CT molecular complexity index is 1390. The third-order valence-corrected chi connectivity index (χ3v) is 8.31. The van der Waals surface area contributed by atoms with Crippen LogP contribution in [0.3, 0.4) is 0 Å². The van der Waals surface area contributed by atoms with Gasteiger partial charge in [-0.15, -0.1) is 11.8 Å². The maximum atomic E-state index is 13.5. The Balaban J connectivity index is 1.47. The molecule has 4 aromatic carbocycles. The average Bonchev–Trinajstić information content (AvgIpc) is 2.93. The van der Waals surface area contributed by atoms with Gasteiger partial charge >= 0.3 is 0 Å². The van der Waals surface area contributed by atoms with Crippen LogP contribution in [0.5, 0.6) is 5.75 Å². The normalized spacial score (nSPS) is 11.1. The van der Waals surface area contributed by atoms with Gasteiger partial charge < -0.3 is 10.1 Å². The third kappa shape index (κ3) is 7.15. The molecule has 0 saturated carbocycles. The Morgan fingerprint density at radius 1 is 0.838 bits per heavy atom. The molecule has 0 atom stereocenters. The molecule has 0 saturated heterocycles. The first kappa shape index (κ1) is 26.3. The number of amides is 1. The van der Waals surface area contributed by atoms with Crippen LogP contribution < -0.4 is 14.4 Å². The molecule has 4 rings (SSSR count). The van der Waals surface area contributed by atoms with Crippen molar-refractivity contribution in [1.82, 2.24) is 0 Å². The minimum Gasteiger partial charge on any atom is -0.494 e. The number of anilines is 2. The lowest BCUT2D eigenvalue weighted by Crippen LogP contribution is -2.38. The third-order valence-electron chi connectivity index (χ3n) is 5.44. The van der Waals surface area contributed by atoms with E-state index in [2.05, 4.69) is 17.4 Å². The van der Waals surface area contributed by atoms with Crippen molar-refractivity contribution in [3.63, 3.8) is 0 Å². The number of nitrogens with one attached hydrogen (secondary N) is 1. The number of ether oxygens (including phenoxy) is 1. The van der Waals surface area contributed by atoms with Crippen molar-refractivity contribution in [3.05, 3.63) is 115 Å². The summed E-state index contributed by atoms with van der Waals surface area (Å²) in [6.07, 6.45) is 0. The molecule has 1 amide bonds. The number of nitrogens with zero attached hydrogens (tertiary/aromatic N) is 1. The fourth-order valence-electron chi connectivity index (χ4n) is 3.61. The second kappa shape index (κ2) is 12.5. The number of carbonyl (C=O) groups excluding carboxylic acids is 1. The highest BCUT2D eigenvalue weighted by Gasteiger charge is 2.27. The molecular formula is C29H28N2O4S2. The Labute approximate surface area is 222 Å². The topological polar surface area (TPSA) is 75.7 Å². The van der Waals surface area contributed by atoms with Gasteiger partial charge in [-0.05, 0) is 73.2 Å². The lowest BCUT2D eigenvalue weighted by atomic mass is 10.2. The zero-order chi connectivity index (χ0) is 26.1. The SMILES string of the molecule is CCOc1ccc(N(CC(=O)Nc2ccc(CSc3ccccc3)cc2)S(=O)(=O)c2ccccc2)cc1. The van der Waals surface area contributed by atoms with Crippen LogP contribution in [0.15, 0.2) is 119 Å². The summed E-state index contributed by atoms with van der Waals surface area (Å²) in [4.78, 5) is 14.3. The van der Waals surface area contributed by atoms with Gasteiger partial charge in [-0.25, -0.2) is 8.42 Å². The van der Waals surface area contributed by atoms with E-state index < -0.39 is 15.9 Å². The Morgan fingerprint density at radius 3 is 2.08 bits per heavy atom. The molecule has 0 aliphatic heterocycles. The zero-order valence-corrected chi connectivity index (χ0v) is 22.0. The lowest BCUT2D eigenvalue weighted by molar-refractivity contribution is -0.114. The van der Waals surface area contributed by atoms with E-state index in [1.165, 1.54) is 17.0 Å². The summed E-state index contributed by atoms with van der Waals surface area (Å²) in [5.41, 5.74) is 2.09. The van der Waals surface area contributed by atoms with Gasteiger partial charge in [-0.2, -0.15) is 0 Å². The predicted molar refractivity (Wildman–Crippen MR) is 150 cm³/mol. The highest BCUT2D eigenvalue weighted by atomic mass is 32.2. The summed E-state index contributed by atoms with van der Waals surface area (Å²) in [7, 11) is -3.98. The van der Waals surface area contributed by atoms with Gasteiger partial charge in [-0.1, -0.05) is 48.5 Å². The van der Waals surface area contributed by atoms with E-state index >= 15 is 0 Å². The quantitative estimate of drug-likeness (QED) is 0.232. The molecule has 0 aliphatic carbocycles. The van der Waals surface area contributed by atoms with Crippen LogP contribution in [0.1, 0.15) is 12.5 Å². The maximum absolute atomic E-state index is 13.5. The highest BCUT2D eigenvalue weighted by molar-refractivity contribution is 7.98. The van der Waals surface area contributed by atoms with E-state index in [4.69, 9.17) is 4.74 Å². The molecule has 6 nitrogen and oxygen atoms in total. The monoisotopic (exact) mass is 532 g/mol. The van der Waals surface area contributed by atoms with Crippen molar-refractivity contribution < 1.29 is 17.9 Å². The van der Waals surface area contributed by atoms with Crippen molar-refractivity contribution in [2.75, 3.05) is 22.8 Å². The van der Waals surface area contributed by atoms with E-state index in [-0.39, 0.29) is 11.4 Å². The lowest BCUT2D eigenvalue weighted by Gasteiger charge is -2.24. The van der Waals surface area contributed by atoms with E-state index in [9.17, 15) is 13.2 Å². The Morgan fingerprint density at radius 2 is 1.46 bits per heavy atom. The van der Waals surface area contributed by atoms with Gasteiger partial charge in [0, 0.05) is 16.3 Å². The second-order valence-corrected chi connectivity index (χ2v) is 11.0. The minimum atomic E-state index is -3.98. The smallest absolute Gasteiger partial charge is 0.264 e. The predicted octanol–water partition coefficient (Wildman–Crippen LogP) is 6.21. The summed E-state index contributed by atoms with van der Waals surface area (Å²) < 4.78 is 33.5. The van der Waals surface area contributed by atoms with E-state index in [1.807, 2.05) is 49.4 Å². The summed E-state index contributed by atoms with van der Waals surface area (Å²) in [6.45, 7) is 1.99. The van der Waals surface area contributed by atoms with Gasteiger partial charge in [0.2, 0.25) is 5.91 Å². The molecule has 4 aromatic rings. The van der Waals surface area contributed by atoms with Gasteiger partial charge in [-0.3, -0.25) is 9.10 Å². The van der Waals surface area contributed by atoms with Gasteiger partial charge in [0.05, 0.1) is 17.2 Å². The van der Waals surface area contributed by atoms with Gasteiger partial charge in [0.15, 0.2) is 0 Å². The van der Waals surface area contributed by atoms with Crippen molar-refractivity contribution in [2.45, 2.75) is 22.5 Å². The average molecular weight is 533 g/mol. The van der Waals surface area contributed by atoms with Crippen LogP contribution in [0.4, 0.5) is 11.4 Å². The molecule has 0 heterocycles. The molecule has 190 valence electrons. The Kier molecular flexibility index (Phi) is 8.87. The minimum absolute atomic E-state index is 0.108. The fraction of sp³-hybridized carbons (Fsp3) is 0.138. The van der Waals surface area contributed by atoms with Gasteiger partial charge in [0.25, 0.3) is 10.0 Å². The summed E-state index contributed by atoms with van der Waals surface area (Å²) in [6, 6.07) is 32.4. The molecule has 0 unspecified atom stereocenters. The molecule has 1 N–H and O–H groups in total. The number of sulfonamides is 1. The highest BCUT2D eigenvalue weighted by Crippen LogP contribution is 2.26. The van der Waals surface area contributed by atoms with Crippen LogP contribution in [0.2, 0.25) is 0 Å². The molecule has 0 aliphatic rings. The molecular weight excluding hydrogens is 504 g/mol. The van der Waals surface area contributed by atoms with Crippen molar-refractivity contribution >= 4 is 39.1 Å². The summed E-state index contributed by atoms with van der Waals surface area (Å²) >= 11 is 1.73. The largest absolute Gasteiger partial charge is 0.494 e. The molecule has 0 fully saturated rings. The first-order chi connectivity index (χ1) is 18.0. The van der Waals surface area contributed by atoms with Crippen molar-refractivity contribution in [2.24, 2.45) is 0 Å². The molecule has 0 spiro atoms. The molecule has 8 heteroatoms. The van der Waals surface area contributed by atoms with Crippen LogP contribution in [-0.4, -0.2) is 27.5 Å². The van der Waals surface area contributed by atoms with Gasteiger partial charge in [0.1, 0.15) is 12.3 Å². The summed E-state index contributed by atoms with van der Waals surface area (Å²) in [5, 5.41) is 2.82. The van der Waals surface area contributed by atoms with Crippen LogP contribution in [-0.2, 0) is 20.6 Å². The van der Waals surface area contributed by atoms with Crippen molar-refractivity contribution in [1.29, 1.82) is 0 Å². The zero-order valence-electron chi connectivity index (χ0n) is 20.4. The first-order valence-electron chi connectivity index (χ1n) is 11.8. The maximum Gasteiger partial charge on any atom is 0.264 e. The number of hydrogen-bond donors (Lipinski definition) is 1. The van der Waals surface area contributed by atoms with Crippen LogP contribution in [0.25, 0.3) is 0 Å². The standard InChI is InChI=1S/C29H28N2O4S2/c1-2-35-26-19-17-25(18-20-26)31(37(33,34)28-11-7-4-8-12-28)21-29(32)30-24-15-13-23(14-16-24)22-36-27-9-5-3-6-10-27/h3-20H,2,21-22H2,1H3,(H,30,32). The number of rotatable bonds is 11. The van der Waals surface area contributed by atoms with E-state index in [0.717, 1.165) is 15.6 Å². The molecule has 0 bridgehead atoms. The second-order valence-electron chi connectivity index (χ2n) is 8.10. The number of benzene rings is 4. The van der Waals surface area contributed by atoms with E-state index in [1.54, 1.807) is 54.2 Å². The molecule has 37 heavy (non-hydrogen) atoms. The Hall–Kier alpha value is -3.75. The molecule has 0 aromatic heterocycles. The number of hydrogen-bond acceptors (Lipinski definition) is 5. The fourth-order valence-corrected chi connectivity index (χ4v) is 5.93. The van der Waals surface area contributed by atoms with Crippen LogP contribution >= 0.6 is 11.8 Å².